The molecule has 0 saturated carbocycles. The highest BCUT2D eigenvalue weighted by Crippen LogP contribution is 2.51. The van der Waals surface area contributed by atoms with Crippen molar-refractivity contribution >= 4 is 126 Å². The maximum absolute atomic E-state index is 2.42. The molecule has 15 aromatic carbocycles. The van der Waals surface area contributed by atoms with Crippen molar-refractivity contribution in [2.45, 2.75) is 27.7 Å². The van der Waals surface area contributed by atoms with Gasteiger partial charge in [-0.3, -0.25) is 0 Å². The van der Waals surface area contributed by atoms with Gasteiger partial charge < -0.3 is 9.80 Å². The molecule has 0 saturated heterocycles. The largest absolute Gasteiger partial charge is 0.310 e. The van der Waals surface area contributed by atoms with Crippen LogP contribution in [0.5, 0.6) is 0 Å². The highest BCUT2D eigenvalue weighted by molar-refractivity contribution is 6.26. The Labute approximate surface area is 564 Å². The standard InChI is InChI=1S/C94H72N2/c1-65-21-29-69(30-22-65)37-41-73-45-53-77(54-46-73)95(78-55-47-74(48-56-78)42-38-70-31-23-66(2)24-32-70)91-63-61-89(81-13-5-7-15-83(81)91)93-85-17-9-11-19-87(85)94(88-20-12-10-18-86(88)93)90-62-64-92(84-16-8-6-14-82(84)90)96(79-57-49-75(50-58-79)43-39-71-33-25-67(3)26-34-71)80-59-51-76(52-60-80)44-40-72-35-27-68(4)28-36-72/h5-64H,1-4H3. The average Bonchev–Trinajstić information content (AvgIpc) is 0.721. The number of rotatable bonds is 16. The van der Waals surface area contributed by atoms with Crippen LogP contribution in [0.4, 0.5) is 34.1 Å². The van der Waals surface area contributed by atoms with Crippen LogP contribution in [-0.2, 0) is 0 Å². The van der Waals surface area contributed by atoms with E-state index in [-0.39, 0.29) is 0 Å². The van der Waals surface area contributed by atoms with Crippen LogP contribution in [0.15, 0.2) is 315 Å². The van der Waals surface area contributed by atoms with Crippen molar-refractivity contribution in [2.75, 3.05) is 9.80 Å². The van der Waals surface area contributed by atoms with Gasteiger partial charge in [-0.25, -0.2) is 0 Å². The van der Waals surface area contributed by atoms with Gasteiger partial charge in [0, 0.05) is 33.5 Å². The van der Waals surface area contributed by atoms with Crippen molar-refractivity contribution < 1.29 is 0 Å². The fraction of sp³-hybridized carbons (Fsp3) is 0.0426. The van der Waals surface area contributed by atoms with Crippen LogP contribution in [0.2, 0.25) is 0 Å². The van der Waals surface area contributed by atoms with Crippen molar-refractivity contribution in [3.05, 3.63) is 382 Å². The van der Waals surface area contributed by atoms with E-state index in [2.05, 4.69) is 402 Å². The normalized spacial score (nSPS) is 11.8. The highest BCUT2D eigenvalue weighted by atomic mass is 15.1. The number of fused-ring (bicyclic) bond motifs is 4. The molecule has 0 aromatic heterocycles. The predicted octanol–water partition coefficient (Wildman–Crippen LogP) is 26.5. The van der Waals surface area contributed by atoms with E-state index in [9.17, 15) is 0 Å². The van der Waals surface area contributed by atoms with Gasteiger partial charge in [-0.2, -0.15) is 0 Å². The molecule has 0 N–H and O–H groups in total. The van der Waals surface area contributed by atoms with Gasteiger partial charge in [-0.1, -0.05) is 326 Å². The van der Waals surface area contributed by atoms with Crippen molar-refractivity contribution in [3.63, 3.8) is 0 Å². The van der Waals surface area contributed by atoms with Crippen LogP contribution in [0.3, 0.4) is 0 Å². The highest BCUT2D eigenvalue weighted by Gasteiger charge is 2.24. The van der Waals surface area contributed by atoms with E-state index in [4.69, 9.17) is 0 Å². The van der Waals surface area contributed by atoms with Crippen molar-refractivity contribution in [2.24, 2.45) is 0 Å². The zero-order chi connectivity index (χ0) is 64.9. The lowest BCUT2D eigenvalue weighted by atomic mass is 9.83. The third-order valence-corrected chi connectivity index (χ3v) is 18.5. The first kappa shape index (κ1) is 60.2. The predicted molar refractivity (Wildman–Crippen MR) is 417 cm³/mol. The summed E-state index contributed by atoms with van der Waals surface area (Å²) in [6, 6.07) is 116. The van der Waals surface area contributed by atoms with Crippen molar-refractivity contribution in [3.8, 4) is 22.3 Å². The Hall–Kier alpha value is -12.1. The summed E-state index contributed by atoms with van der Waals surface area (Å²) in [5.74, 6) is 0. The molecule has 0 aliphatic carbocycles. The van der Waals surface area contributed by atoms with Gasteiger partial charge in [-0.05, 0) is 187 Å². The van der Waals surface area contributed by atoms with Gasteiger partial charge >= 0.3 is 0 Å². The summed E-state index contributed by atoms with van der Waals surface area (Å²) in [7, 11) is 0. The minimum absolute atomic E-state index is 1.07. The van der Waals surface area contributed by atoms with Crippen LogP contribution in [0.25, 0.3) is 114 Å². The van der Waals surface area contributed by atoms with Crippen LogP contribution in [0.1, 0.15) is 66.8 Å². The molecular weight excluding hydrogens is 1160 g/mol. The van der Waals surface area contributed by atoms with E-state index in [1.807, 2.05) is 0 Å². The molecule has 96 heavy (non-hydrogen) atoms. The van der Waals surface area contributed by atoms with Gasteiger partial charge in [0.1, 0.15) is 0 Å². The van der Waals surface area contributed by atoms with Crippen LogP contribution < -0.4 is 9.80 Å². The Bertz CT molecular complexity index is 4820. The number of aryl methyl sites for hydroxylation is 4. The Morgan fingerprint density at radius 2 is 0.365 bits per heavy atom. The molecule has 458 valence electrons. The van der Waals surface area contributed by atoms with Crippen LogP contribution >= 0.6 is 0 Å². The monoisotopic (exact) mass is 1230 g/mol. The molecule has 0 bridgehead atoms. The van der Waals surface area contributed by atoms with Crippen molar-refractivity contribution in [1.82, 2.24) is 0 Å². The molecule has 0 heterocycles. The molecule has 0 aliphatic heterocycles. The summed E-state index contributed by atoms with van der Waals surface area (Å²) >= 11 is 0. The smallest absolute Gasteiger partial charge is 0.0540 e. The van der Waals surface area contributed by atoms with Gasteiger partial charge in [0.05, 0.1) is 11.4 Å². The minimum Gasteiger partial charge on any atom is -0.310 e. The van der Waals surface area contributed by atoms with Crippen LogP contribution in [-0.4, -0.2) is 0 Å². The third kappa shape index (κ3) is 12.6. The van der Waals surface area contributed by atoms with Gasteiger partial charge in [0.2, 0.25) is 0 Å². The molecule has 0 amide bonds. The maximum Gasteiger partial charge on any atom is 0.0540 e. The Morgan fingerprint density at radius 1 is 0.177 bits per heavy atom. The quantitative estimate of drug-likeness (QED) is 0.0703. The first-order valence-electron chi connectivity index (χ1n) is 33.2. The lowest BCUT2D eigenvalue weighted by Crippen LogP contribution is -2.11. The molecule has 2 nitrogen and oxygen atoms in total. The number of anilines is 6. The molecule has 15 rings (SSSR count). The Balaban J connectivity index is 0.841. The summed E-state index contributed by atoms with van der Waals surface area (Å²) in [6.07, 6.45) is 17.6. The number of benzene rings is 15. The molecule has 0 unspecified atom stereocenters. The summed E-state index contributed by atoms with van der Waals surface area (Å²) in [5.41, 5.74) is 25.6. The zero-order valence-corrected chi connectivity index (χ0v) is 54.5. The summed E-state index contributed by atoms with van der Waals surface area (Å²) in [6.45, 7) is 8.51. The molecule has 0 atom stereocenters. The fourth-order valence-electron chi connectivity index (χ4n) is 13.4. The fourth-order valence-corrected chi connectivity index (χ4v) is 13.4. The minimum atomic E-state index is 1.07. The third-order valence-electron chi connectivity index (χ3n) is 18.5. The lowest BCUT2D eigenvalue weighted by Gasteiger charge is -2.28. The lowest BCUT2D eigenvalue weighted by molar-refractivity contribution is 1.29. The number of hydrogen-bond acceptors (Lipinski definition) is 2. The Kier molecular flexibility index (Phi) is 16.8. The van der Waals surface area contributed by atoms with Gasteiger partial charge in [0.25, 0.3) is 0 Å². The molecular formula is C94H72N2. The van der Waals surface area contributed by atoms with E-state index in [1.54, 1.807) is 0 Å². The van der Waals surface area contributed by atoms with E-state index >= 15 is 0 Å². The second kappa shape index (κ2) is 26.9. The zero-order valence-electron chi connectivity index (χ0n) is 54.5. The van der Waals surface area contributed by atoms with E-state index in [1.165, 1.54) is 99.1 Å². The van der Waals surface area contributed by atoms with Gasteiger partial charge in [0.15, 0.2) is 0 Å². The number of hydrogen-bond donors (Lipinski definition) is 0. The average molecular weight is 1230 g/mol. The molecule has 15 aromatic rings. The molecule has 0 radical (unpaired) electrons. The maximum atomic E-state index is 2.42. The summed E-state index contributed by atoms with van der Waals surface area (Å²) < 4.78 is 0. The SMILES string of the molecule is Cc1ccc(C=Cc2ccc(N(c3ccc(C=Cc4ccc(C)cc4)cc3)c3ccc(-c4c5ccccc5c(-c5ccc(N(c6ccc(C=Cc7ccc(C)cc7)cc6)c6ccc(C=Cc7ccc(C)cc7)cc6)c6ccccc56)c5ccccc45)c4ccccc34)cc2)cc1. The van der Waals surface area contributed by atoms with E-state index in [0.29, 0.717) is 0 Å². The Morgan fingerprint density at radius 3 is 0.583 bits per heavy atom. The summed E-state index contributed by atoms with van der Waals surface area (Å²) in [4.78, 5) is 4.84. The molecule has 0 aliphatic rings. The van der Waals surface area contributed by atoms with Gasteiger partial charge in [-0.15, -0.1) is 0 Å². The second-order valence-electron chi connectivity index (χ2n) is 25.2. The second-order valence-corrected chi connectivity index (χ2v) is 25.2. The molecule has 2 heteroatoms. The molecule has 0 spiro atoms. The first-order chi connectivity index (χ1) is 47.2. The van der Waals surface area contributed by atoms with E-state index < -0.39 is 0 Å². The summed E-state index contributed by atoms with van der Waals surface area (Å²) in [5, 5.41) is 9.48. The van der Waals surface area contributed by atoms with E-state index in [0.717, 1.165) is 67.2 Å². The molecule has 0 fully saturated rings. The van der Waals surface area contributed by atoms with Crippen LogP contribution in [0, 0.1) is 27.7 Å². The first-order valence-corrected chi connectivity index (χ1v) is 33.2. The van der Waals surface area contributed by atoms with Crippen molar-refractivity contribution in [1.29, 1.82) is 0 Å². The number of nitrogens with zero attached hydrogens (tertiary/aromatic N) is 2. The topological polar surface area (TPSA) is 6.48 Å².